The second-order valence-corrected chi connectivity index (χ2v) is 6.93. The van der Waals surface area contributed by atoms with Gasteiger partial charge in [-0.05, 0) is 66.3 Å². The van der Waals surface area contributed by atoms with Crippen molar-refractivity contribution >= 4 is 23.0 Å². The zero-order valence-corrected chi connectivity index (χ0v) is 15.9. The van der Waals surface area contributed by atoms with Gasteiger partial charge in [-0.3, -0.25) is 0 Å². The highest BCUT2D eigenvalue weighted by Crippen LogP contribution is 2.29. The minimum absolute atomic E-state index is 0.0218. The maximum Gasteiger partial charge on any atom is 0.336 e. The number of ether oxygens (including phenoxy) is 2. The van der Waals surface area contributed by atoms with Crippen LogP contribution in [0.5, 0.6) is 11.5 Å². The third-order valence-corrected chi connectivity index (χ3v) is 5.03. The summed E-state index contributed by atoms with van der Waals surface area (Å²) in [5.74, 6) is -0.205. The van der Waals surface area contributed by atoms with Crippen molar-refractivity contribution in [1.82, 2.24) is 0 Å². The maximum atomic E-state index is 12.1. The Morgan fingerprint density at radius 2 is 1.97 bits per heavy atom. The summed E-state index contributed by atoms with van der Waals surface area (Å²) in [7, 11) is 1.45. The first-order valence-electron chi connectivity index (χ1n) is 9.34. The van der Waals surface area contributed by atoms with E-state index in [-0.39, 0.29) is 12.4 Å². The first kappa shape index (κ1) is 18.8. The third kappa shape index (κ3) is 4.01. The fourth-order valence-electron chi connectivity index (χ4n) is 3.57. The van der Waals surface area contributed by atoms with Crippen molar-refractivity contribution < 1.29 is 23.8 Å². The molecule has 0 aliphatic heterocycles. The number of phenolic OH excluding ortho intramolecular Hbond substituents is 1. The van der Waals surface area contributed by atoms with Crippen molar-refractivity contribution in [3.8, 4) is 11.5 Å². The lowest BCUT2D eigenvalue weighted by molar-refractivity contribution is -0.138. The molecule has 1 N–H and O–H groups in total. The summed E-state index contributed by atoms with van der Waals surface area (Å²) in [5.41, 5.74) is 3.82. The van der Waals surface area contributed by atoms with Gasteiger partial charge in [-0.15, -0.1) is 0 Å². The van der Waals surface area contributed by atoms with Gasteiger partial charge in [0.05, 0.1) is 7.11 Å². The smallest absolute Gasteiger partial charge is 0.336 e. The van der Waals surface area contributed by atoms with Crippen molar-refractivity contribution in [2.75, 3.05) is 7.11 Å². The van der Waals surface area contributed by atoms with E-state index >= 15 is 0 Å². The van der Waals surface area contributed by atoms with E-state index in [4.69, 9.17) is 13.9 Å². The van der Waals surface area contributed by atoms with E-state index in [2.05, 4.69) is 0 Å². The van der Waals surface area contributed by atoms with Crippen molar-refractivity contribution in [2.24, 2.45) is 0 Å². The molecular weight excluding hydrogens is 372 g/mol. The lowest BCUT2D eigenvalue weighted by atomic mass is 10.0. The molecule has 29 heavy (non-hydrogen) atoms. The van der Waals surface area contributed by atoms with E-state index in [1.807, 2.05) is 12.1 Å². The highest BCUT2D eigenvalue weighted by Gasteiger charge is 2.15. The molecule has 0 atom stereocenters. The molecule has 0 spiro atoms. The van der Waals surface area contributed by atoms with Crippen LogP contribution in [0.4, 0.5) is 0 Å². The Balaban J connectivity index is 1.51. The van der Waals surface area contributed by atoms with Gasteiger partial charge < -0.3 is 19.0 Å². The van der Waals surface area contributed by atoms with Gasteiger partial charge in [-0.2, -0.15) is 0 Å². The van der Waals surface area contributed by atoms with Crippen molar-refractivity contribution in [1.29, 1.82) is 0 Å². The van der Waals surface area contributed by atoms with Gasteiger partial charge in [-0.1, -0.05) is 6.07 Å². The van der Waals surface area contributed by atoms with Gasteiger partial charge >= 0.3 is 11.6 Å². The summed E-state index contributed by atoms with van der Waals surface area (Å²) in [6.45, 7) is -0.0248. The second-order valence-electron chi connectivity index (χ2n) is 6.93. The Hall–Kier alpha value is -3.54. The Kier molecular flexibility index (Phi) is 5.08. The number of carbonyl (C=O) groups excluding carboxylic acids is 1. The lowest BCUT2D eigenvalue weighted by Crippen LogP contribution is -2.06. The topological polar surface area (TPSA) is 86.0 Å². The third-order valence-electron chi connectivity index (χ3n) is 5.03. The van der Waals surface area contributed by atoms with Crippen molar-refractivity contribution in [3.05, 3.63) is 75.1 Å². The molecule has 1 heterocycles. The number of benzene rings is 2. The first-order valence-corrected chi connectivity index (χ1v) is 9.34. The van der Waals surface area contributed by atoms with Crippen LogP contribution in [-0.2, 0) is 29.0 Å². The fraction of sp³-hybridized carbons (Fsp3) is 0.217. The van der Waals surface area contributed by atoms with Crippen LogP contribution in [0.2, 0.25) is 0 Å². The Morgan fingerprint density at radius 1 is 1.17 bits per heavy atom. The van der Waals surface area contributed by atoms with Crippen LogP contribution >= 0.6 is 0 Å². The zero-order chi connectivity index (χ0) is 20.4. The molecule has 3 aromatic rings. The number of aryl methyl sites for hydroxylation is 2. The average Bonchev–Trinajstić information content (AvgIpc) is 3.17. The van der Waals surface area contributed by atoms with Crippen LogP contribution in [0.3, 0.4) is 0 Å². The predicted octanol–water partition coefficient (Wildman–Crippen LogP) is 3.75. The normalized spacial score (nSPS) is 13.0. The minimum Gasteiger partial charge on any atom is -0.504 e. The number of aromatic hydroxyl groups is 1. The minimum atomic E-state index is -0.542. The van der Waals surface area contributed by atoms with Crippen molar-refractivity contribution in [2.45, 2.75) is 25.9 Å². The number of esters is 1. The number of carbonyl (C=O) groups is 1. The molecule has 148 valence electrons. The Morgan fingerprint density at radius 3 is 2.76 bits per heavy atom. The molecule has 2 aromatic carbocycles. The molecule has 4 rings (SSSR count). The summed E-state index contributed by atoms with van der Waals surface area (Å²) < 4.78 is 15.7. The molecule has 1 aliphatic carbocycles. The second kappa shape index (κ2) is 7.83. The van der Waals surface area contributed by atoms with Gasteiger partial charge in [0.25, 0.3) is 0 Å². The Labute approximate surface area is 167 Å². The van der Waals surface area contributed by atoms with Crippen LogP contribution in [0.1, 0.15) is 28.7 Å². The lowest BCUT2D eigenvalue weighted by Gasteiger charge is -2.08. The van der Waals surface area contributed by atoms with Gasteiger partial charge in [0.2, 0.25) is 0 Å². The summed E-state index contributed by atoms with van der Waals surface area (Å²) in [6, 6.07) is 10.1. The average molecular weight is 392 g/mol. The van der Waals surface area contributed by atoms with Crippen LogP contribution in [0.25, 0.3) is 17.0 Å². The Bertz CT molecular complexity index is 1170. The molecule has 6 heteroatoms. The SMILES string of the molecule is COc1cc(/C=C/C(=O)OCc2cc(=O)oc3cc4c(cc23)CCC4)ccc1O. The molecule has 6 nitrogen and oxygen atoms in total. The van der Waals surface area contributed by atoms with E-state index in [0.29, 0.717) is 22.5 Å². The molecule has 1 aromatic heterocycles. The molecule has 0 radical (unpaired) electrons. The number of fused-ring (bicyclic) bond motifs is 2. The quantitative estimate of drug-likeness (QED) is 0.404. The number of hydrogen-bond donors (Lipinski definition) is 1. The molecule has 0 saturated carbocycles. The number of methoxy groups -OCH3 is 1. The highest BCUT2D eigenvalue weighted by molar-refractivity contribution is 5.88. The van der Waals surface area contributed by atoms with Crippen LogP contribution in [0, 0.1) is 0 Å². The van der Waals surface area contributed by atoms with E-state index in [0.717, 1.165) is 24.6 Å². The largest absolute Gasteiger partial charge is 0.504 e. The van der Waals surface area contributed by atoms with Crippen LogP contribution in [0.15, 0.2) is 51.7 Å². The standard InChI is InChI=1S/C23H20O6/c1-27-21-9-14(5-7-19(21)24)6-8-22(25)28-13-17-12-23(26)29-20-11-16-4-2-3-15(16)10-18(17)20/h5-12,24H,2-4,13H2,1H3/b8-6+. The van der Waals surface area contributed by atoms with Crippen LogP contribution < -0.4 is 10.4 Å². The summed E-state index contributed by atoms with van der Waals surface area (Å²) in [4.78, 5) is 24.0. The molecule has 0 unspecified atom stereocenters. The monoisotopic (exact) mass is 392 g/mol. The summed E-state index contributed by atoms with van der Waals surface area (Å²) in [5, 5.41) is 10.4. The number of hydrogen-bond acceptors (Lipinski definition) is 6. The highest BCUT2D eigenvalue weighted by atomic mass is 16.5. The van der Waals surface area contributed by atoms with Gasteiger partial charge in [0.1, 0.15) is 12.2 Å². The van der Waals surface area contributed by atoms with Gasteiger partial charge in [0, 0.05) is 23.1 Å². The zero-order valence-electron chi connectivity index (χ0n) is 15.9. The molecule has 1 aliphatic rings. The summed E-state index contributed by atoms with van der Waals surface area (Å²) in [6.07, 6.45) is 5.93. The molecule has 0 fully saturated rings. The first-order chi connectivity index (χ1) is 14.0. The van der Waals surface area contributed by atoms with Crippen LogP contribution in [-0.4, -0.2) is 18.2 Å². The molecule has 0 amide bonds. The molecule has 0 saturated heterocycles. The number of phenols is 1. The van der Waals surface area contributed by atoms with Gasteiger partial charge in [-0.25, -0.2) is 9.59 Å². The van der Waals surface area contributed by atoms with E-state index in [1.165, 1.54) is 36.4 Å². The number of rotatable bonds is 5. The molecule has 0 bridgehead atoms. The molecular formula is C23H20O6. The predicted molar refractivity (Wildman–Crippen MR) is 108 cm³/mol. The van der Waals surface area contributed by atoms with E-state index in [1.54, 1.807) is 18.2 Å². The van der Waals surface area contributed by atoms with E-state index in [9.17, 15) is 14.7 Å². The van der Waals surface area contributed by atoms with Crippen molar-refractivity contribution in [3.63, 3.8) is 0 Å². The fourth-order valence-corrected chi connectivity index (χ4v) is 3.57. The van der Waals surface area contributed by atoms with Gasteiger partial charge in [0.15, 0.2) is 11.5 Å². The van der Waals surface area contributed by atoms with E-state index < -0.39 is 11.6 Å². The maximum absolute atomic E-state index is 12.1. The summed E-state index contributed by atoms with van der Waals surface area (Å²) >= 11 is 0.